The lowest BCUT2D eigenvalue weighted by atomic mass is 9.95. The van der Waals surface area contributed by atoms with Gasteiger partial charge in [0.15, 0.2) is 0 Å². The van der Waals surface area contributed by atoms with Crippen LogP contribution in [0.5, 0.6) is 0 Å². The molecule has 3 aromatic rings. The Balaban J connectivity index is 1.30. The fourth-order valence-electron chi connectivity index (χ4n) is 4.85. The lowest BCUT2D eigenvalue weighted by Gasteiger charge is -2.36. The minimum absolute atomic E-state index is 0.246. The van der Waals surface area contributed by atoms with E-state index in [4.69, 9.17) is 0 Å². The number of aromatic nitrogens is 2. The van der Waals surface area contributed by atoms with Crippen LogP contribution in [-0.2, 0) is 17.9 Å². The van der Waals surface area contributed by atoms with Crippen LogP contribution in [0.1, 0.15) is 18.5 Å². The third-order valence-corrected chi connectivity index (χ3v) is 6.21. The van der Waals surface area contributed by atoms with Gasteiger partial charge in [-0.15, -0.1) is 0 Å². The molecule has 6 rings (SSSR count). The molecule has 0 radical (unpaired) electrons. The summed E-state index contributed by atoms with van der Waals surface area (Å²) in [4.78, 5) is 22.3. The predicted octanol–water partition coefficient (Wildman–Crippen LogP) is 3.16. The van der Waals surface area contributed by atoms with Gasteiger partial charge < -0.3 is 9.47 Å². The third-order valence-electron chi connectivity index (χ3n) is 6.21. The number of nitrogens with zero attached hydrogens (tertiary/aromatic N) is 4. The Bertz CT molecular complexity index is 967. The minimum Gasteiger partial charge on any atom is -0.338 e. The Morgan fingerprint density at radius 2 is 1.89 bits per heavy atom. The zero-order valence-electron chi connectivity index (χ0n) is 16.1. The van der Waals surface area contributed by atoms with E-state index >= 15 is 0 Å². The summed E-state index contributed by atoms with van der Waals surface area (Å²) in [7, 11) is 0. The van der Waals surface area contributed by atoms with Crippen LogP contribution in [0.15, 0.2) is 60.9 Å². The molecule has 1 amide bonds. The van der Waals surface area contributed by atoms with E-state index in [2.05, 4.69) is 43.6 Å². The smallest absolute Gasteiger partial charge is 0.242 e. The highest BCUT2D eigenvalue weighted by molar-refractivity contribution is 5.83. The van der Waals surface area contributed by atoms with Crippen LogP contribution < -0.4 is 0 Å². The second kappa shape index (κ2) is 7.40. The zero-order valence-corrected chi connectivity index (χ0v) is 16.1. The van der Waals surface area contributed by atoms with Crippen molar-refractivity contribution < 1.29 is 4.79 Å². The highest BCUT2D eigenvalue weighted by Crippen LogP contribution is 2.29. The molecule has 2 atom stereocenters. The number of hydrogen-bond donors (Lipinski definition) is 0. The summed E-state index contributed by atoms with van der Waals surface area (Å²) < 4.78 is 2.09. The summed E-state index contributed by atoms with van der Waals surface area (Å²) in [6.45, 7) is 4.20. The molecule has 0 aliphatic carbocycles. The second-order valence-corrected chi connectivity index (χ2v) is 8.16. The molecule has 144 valence electrons. The molecule has 0 spiro atoms. The van der Waals surface area contributed by atoms with Gasteiger partial charge >= 0.3 is 0 Å². The number of pyridine rings is 1. The third kappa shape index (κ3) is 3.42. The van der Waals surface area contributed by atoms with Gasteiger partial charge in [0.2, 0.25) is 5.91 Å². The van der Waals surface area contributed by atoms with Crippen molar-refractivity contribution in [3.05, 3.63) is 66.6 Å². The molecular weight excluding hydrogens is 348 g/mol. The number of fused-ring (bicyclic) bond motifs is 5. The lowest BCUT2D eigenvalue weighted by molar-refractivity contribution is -0.135. The van der Waals surface area contributed by atoms with Crippen molar-refractivity contribution in [1.82, 2.24) is 19.4 Å². The average Bonchev–Trinajstić information content (AvgIpc) is 2.91. The molecule has 5 heterocycles. The lowest BCUT2D eigenvalue weighted by Crippen LogP contribution is -2.48. The number of amides is 1. The predicted molar refractivity (Wildman–Crippen MR) is 110 cm³/mol. The van der Waals surface area contributed by atoms with E-state index in [1.54, 1.807) is 0 Å². The number of para-hydroxylation sites is 1. The number of carbonyl (C=O) groups excluding carboxylic acids is 1. The Morgan fingerprint density at radius 1 is 1.00 bits per heavy atom. The quantitative estimate of drug-likeness (QED) is 0.704. The molecule has 5 heteroatoms. The first kappa shape index (κ1) is 17.4. The molecule has 2 bridgehead atoms. The van der Waals surface area contributed by atoms with Crippen LogP contribution in [0, 0.1) is 5.92 Å². The van der Waals surface area contributed by atoms with Gasteiger partial charge in [0.25, 0.3) is 0 Å². The Labute approximate surface area is 165 Å². The van der Waals surface area contributed by atoms with E-state index in [1.807, 2.05) is 36.7 Å². The van der Waals surface area contributed by atoms with E-state index in [0.29, 0.717) is 18.5 Å². The van der Waals surface area contributed by atoms with E-state index in [0.717, 1.165) is 43.8 Å². The van der Waals surface area contributed by atoms with Gasteiger partial charge in [-0.3, -0.25) is 14.7 Å². The molecule has 3 saturated heterocycles. The molecule has 5 nitrogen and oxygen atoms in total. The van der Waals surface area contributed by atoms with Crippen molar-refractivity contribution in [3.63, 3.8) is 0 Å². The number of piperidine rings is 1. The first-order valence-corrected chi connectivity index (χ1v) is 10.2. The van der Waals surface area contributed by atoms with E-state index in [9.17, 15) is 4.79 Å². The number of carbonyl (C=O) groups is 1. The van der Waals surface area contributed by atoms with Crippen molar-refractivity contribution in [2.75, 3.05) is 19.6 Å². The molecule has 0 saturated carbocycles. The first-order chi connectivity index (χ1) is 13.8. The van der Waals surface area contributed by atoms with Crippen LogP contribution in [0.25, 0.3) is 10.9 Å². The topological polar surface area (TPSA) is 41.4 Å². The molecule has 2 aromatic heterocycles. The standard InChI is InChI=1S/C23H26N4O/c28-23(17-26-12-10-19-5-1-2-7-22(19)26)27-14-18-8-9-21(27)16-25(13-18)15-20-6-3-4-11-24-20/h1-7,10-12,18,21H,8-9,13-17H2/t18-,21+/m0/s1. The Kier molecular flexibility index (Phi) is 4.61. The summed E-state index contributed by atoms with van der Waals surface area (Å²) in [5, 5.41) is 1.19. The SMILES string of the molecule is O=C(Cn1ccc2ccccc21)N1C[C@H]2CC[C@@H]1CN(Cc1ccccn1)C2. The molecule has 1 aromatic carbocycles. The van der Waals surface area contributed by atoms with Gasteiger partial charge in [-0.05, 0) is 48.4 Å². The van der Waals surface area contributed by atoms with Gasteiger partial charge in [0.05, 0.1) is 5.69 Å². The summed E-state index contributed by atoms with van der Waals surface area (Å²) in [6, 6.07) is 16.8. The fraction of sp³-hybridized carbons (Fsp3) is 0.391. The maximum absolute atomic E-state index is 13.2. The summed E-state index contributed by atoms with van der Waals surface area (Å²) in [5.41, 5.74) is 2.24. The van der Waals surface area contributed by atoms with Gasteiger partial charge in [0.1, 0.15) is 6.54 Å². The Hall–Kier alpha value is -2.66. The molecular formula is C23H26N4O. The normalized spacial score (nSPS) is 22.5. The van der Waals surface area contributed by atoms with Crippen molar-refractivity contribution in [3.8, 4) is 0 Å². The van der Waals surface area contributed by atoms with E-state index in [-0.39, 0.29) is 5.91 Å². The van der Waals surface area contributed by atoms with Gasteiger partial charge in [-0.1, -0.05) is 24.3 Å². The van der Waals surface area contributed by atoms with Gasteiger partial charge in [-0.25, -0.2) is 0 Å². The van der Waals surface area contributed by atoms with Gasteiger partial charge in [0, 0.05) is 50.1 Å². The van der Waals surface area contributed by atoms with Crippen molar-refractivity contribution in [2.45, 2.75) is 32.0 Å². The average molecular weight is 374 g/mol. The van der Waals surface area contributed by atoms with Crippen LogP contribution in [-0.4, -0.2) is 50.9 Å². The zero-order chi connectivity index (χ0) is 18.9. The van der Waals surface area contributed by atoms with Crippen LogP contribution in [0.3, 0.4) is 0 Å². The molecule has 28 heavy (non-hydrogen) atoms. The highest BCUT2D eigenvalue weighted by atomic mass is 16.2. The number of benzene rings is 1. The van der Waals surface area contributed by atoms with Crippen molar-refractivity contribution >= 4 is 16.8 Å². The maximum atomic E-state index is 13.2. The summed E-state index contributed by atoms with van der Waals surface area (Å²) in [5.74, 6) is 0.809. The molecule has 3 aliphatic rings. The van der Waals surface area contributed by atoms with Crippen molar-refractivity contribution in [2.24, 2.45) is 5.92 Å². The molecule has 0 unspecified atom stereocenters. The van der Waals surface area contributed by atoms with E-state index in [1.165, 1.54) is 11.8 Å². The highest BCUT2D eigenvalue weighted by Gasteiger charge is 2.37. The molecule has 0 N–H and O–H groups in total. The van der Waals surface area contributed by atoms with Gasteiger partial charge in [-0.2, -0.15) is 0 Å². The second-order valence-electron chi connectivity index (χ2n) is 8.16. The number of rotatable bonds is 4. The van der Waals surface area contributed by atoms with Crippen LogP contribution in [0.2, 0.25) is 0 Å². The van der Waals surface area contributed by atoms with Crippen LogP contribution >= 0.6 is 0 Å². The van der Waals surface area contributed by atoms with E-state index < -0.39 is 0 Å². The van der Waals surface area contributed by atoms with Crippen LogP contribution in [0.4, 0.5) is 0 Å². The molecule has 3 fully saturated rings. The first-order valence-electron chi connectivity index (χ1n) is 10.2. The minimum atomic E-state index is 0.246. The molecule has 3 aliphatic heterocycles. The monoisotopic (exact) mass is 374 g/mol. The van der Waals surface area contributed by atoms with Crippen molar-refractivity contribution in [1.29, 1.82) is 0 Å². The number of hydrogen-bond acceptors (Lipinski definition) is 3. The summed E-state index contributed by atoms with van der Waals surface area (Å²) in [6.07, 6.45) is 6.23. The maximum Gasteiger partial charge on any atom is 0.242 e. The summed E-state index contributed by atoms with van der Waals surface area (Å²) >= 11 is 0. The largest absolute Gasteiger partial charge is 0.338 e. The Morgan fingerprint density at radius 3 is 2.79 bits per heavy atom. The fourth-order valence-corrected chi connectivity index (χ4v) is 4.85.